The zero-order chi connectivity index (χ0) is 24.4. The Morgan fingerprint density at radius 2 is 1.79 bits per heavy atom. The van der Waals surface area contributed by atoms with Gasteiger partial charge in [0.1, 0.15) is 0 Å². The Kier molecular flexibility index (Phi) is 10.4. The number of ketones is 2. The van der Waals surface area contributed by atoms with Gasteiger partial charge in [-0.2, -0.15) is 0 Å². The van der Waals surface area contributed by atoms with Gasteiger partial charge in [0.25, 0.3) is 0 Å². The number of carbonyl (C=O) groups excluding carboxylic acids is 3. The maximum atomic E-state index is 12.8. The molecule has 7 heteroatoms. The van der Waals surface area contributed by atoms with Crippen LogP contribution in [0.4, 0.5) is 0 Å². The Hall–Kier alpha value is -2.87. The Bertz CT molecular complexity index is 921. The third-order valence-electron chi connectivity index (χ3n) is 5.73. The number of carbonyl (C=O) groups is 3. The minimum absolute atomic E-state index is 0.0154. The van der Waals surface area contributed by atoms with Crippen molar-refractivity contribution in [1.29, 1.82) is 0 Å². The first-order valence-electron chi connectivity index (χ1n) is 11.1. The lowest BCUT2D eigenvalue weighted by atomic mass is 9.90. The fourth-order valence-corrected chi connectivity index (χ4v) is 3.58. The molecule has 0 saturated heterocycles. The molecule has 0 unspecified atom stereocenters. The summed E-state index contributed by atoms with van der Waals surface area (Å²) < 4.78 is 5.30. The van der Waals surface area contributed by atoms with Gasteiger partial charge < -0.3 is 20.3 Å². The SMILES string of the molecule is CO[C@H]1/C=C/C=C/C=C/C[C@H](O)[C@H](C)[C@@H](O)/C(C)=C\CCC2=CC(=O)C=C(NC(=O)C1)C2=O. The first-order chi connectivity index (χ1) is 15.7. The molecule has 178 valence electrons. The smallest absolute Gasteiger partial charge is 0.227 e. The molecule has 0 fully saturated rings. The molecule has 0 aromatic carbocycles. The molecule has 2 rings (SSSR count). The van der Waals surface area contributed by atoms with Gasteiger partial charge >= 0.3 is 0 Å². The zero-order valence-corrected chi connectivity index (χ0v) is 19.4. The summed E-state index contributed by atoms with van der Waals surface area (Å²) in [5.74, 6) is -1.58. The molecular weight excluding hydrogens is 422 g/mol. The monoisotopic (exact) mass is 455 g/mol. The molecule has 1 aliphatic heterocycles. The van der Waals surface area contributed by atoms with Crippen molar-refractivity contribution in [2.75, 3.05) is 7.11 Å². The average molecular weight is 456 g/mol. The summed E-state index contributed by atoms with van der Waals surface area (Å²) in [6, 6.07) is 0. The molecule has 4 atom stereocenters. The number of ether oxygens (including phenoxy) is 1. The first-order valence-corrected chi connectivity index (χ1v) is 11.1. The topological polar surface area (TPSA) is 113 Å². The first kappa shape index (κ1) is 26.4. The second kappa shape index (κ2) is 13.0. The number of fused-ring (bicyclic) bond motifs is 2. The van der Waals surface area contributed by atoms with E-state index in [1.54, 1.807) is 50.3 Å². The summed E-state index contributed by atoms with van der Waals surface area (Å²) in [4.78, 5) is 37.3. The number of nitrogens with one attached hydrogen (secondary N) is 1. The highest BCUT2D eigenvalue weighted by Gasteiger charge is 2.25. The third kappa shape index (κ3) is 8.20. The van der Waals surface area contributed by atoms with Gasteiger partial charge in [0, 0.05) is 24.7 Å². The van der Waals surface area contributed by atoms with Crippen molar-refractivity contribution in [3.8, 4) is 0 Å². The molecule has 0 saturated carbocycles. The van der Waals surface area contributed by atoms with Crippen LogP contribution in [-0.2, 0) is 19.1 Å². The largest absolute Gasteiger partial charge is 0.392 e. The molecule has 3 N–H and O–H groups in total. The van der Waals surface area contributed by atoms with Gasteiger partial charge in [-0.1, -0.05) is 49.5 Å². The number of aliphatic hydroxyl groups is 2. The highest BCUT2D eigenvalue weighted by atomic mass is 16.5. The molecule has 1 amide bonds. The molecule has 0 aromatic rings. The van der Waals surface area contributed by atoms with Crippen LogP contribution in [0, 0.1) is 5.92 Å². The predicted molar refractivity (Wildman–Crippen MR) is 126 cm³/mol. The summed E-state index contributed by atoms with van der Waals surface area (Å²) in [5.41, 5.74) is 0.940. The molecule has 2 aliphatic rings. The average Bonchev–Trinajstić information content (AvgIpc) is 2.78. The molecule has 0 aromatic heterocycles. The van der Waals surface area contributed by atoms with Crippen LogP contribution in [0.15, 0.2) is 71.5 Å². The summed E-state index contributed by atoms with van der Waals surface area (Å²) >= 11 is 0. The molecule has 7 nitrogen and oxygen atoms in total. The second-order valence-electron chi connectivity index (χ2n) is 8.28. The fourth-order valence-electron chi connectivity index (χ4n) is 3.58. The van der Waals surface area contributed by atoms with E-state index in [0.29, 0.717) is 24.0 Å². The van der Waals surface area contributed by atoms with E-state index >= 15 is 0 Å². The lowest BCUT2D eigenvalue weighted by Crippen LogP contribution is -2.32. The molecular formula is C26H33NO6. The maximum Gasteiger partial charge on any atom is 0.227 e. The molecule has 33 heavy (non-hydrogen) atoms. The standard InChI is InChI=1S/C26H33NO6/c1-17-10-9-11-19-14-20(28)15-22(26(19)32)27-24(30)16-21(33-3)12-7-5-4-6-8-13-23(29)18(2)25(17)31/h4-8,10,12,14-15,18,21,23,25,29,31H,9,11,13,16H2,1-3H3,(H,27,30)/b5-4+,8-6+,12-7+,17-10-/t18-,21-,23-,25-/m0/s1. The molecule has 0 radical (unpaired) electrons. The number of rotatable bonds is 1. The Labute approximate surface area is 194 Å². The third-order valence-corrected chi connectivity index (χ3v) is 5.73. The van der Waals surface area contributed by atoms with Crippen molar-refractivity contribution in [2.24, 2.45) is 5.92 Å². The van der Waals surface area contributed by atoms with Gasteiger partial charge in [-0.25, -0.2) is 0 Å². The highest BCUT2D eigenvalue weighted by Crippen LogP contribution is 2.21. The Balaban J connectivity index is 2.25. The minimum Gasteiger partial charge on any atom is -0.392 e. The van der Waals surface area contributed by atoms with E-state index in [-0.39, 0.29) is 30.2 Å². The van der Waals surface area contributed by atoms with Gasteiger partial charge in [-0.3, -0.25) is 14.4 Å². The number of hydrogen-bond donors (Lipinski definition) is 3. The highest BCUT2D eigenvalue weighted by molar-refractivity contribution is 6.21. The van der Waals surface area contributed by atoms with Crippen molar-refractivity contribution in [3.05, 3.63) is 71.5 Å². The maximum absolute atomic E-state index is 12.8. The number of Topliss-reactive ketones (excluding diaryl/α,β-unsaturated/α-hetero) is 1. The van der Waals surface area contributed by atoms with Crippen LogP contribution < -0.4 is 5.32 Å². The van der Waals surface area contributed by atoms with E-state index in [1.807, 2.05) is 6.08 Å². The summed E-state index contributed by atoms with van der Waals surface area (Å²) in [5, 5.41) is 23.5. The van der Waals surface area contributed by atoms with Crippen LogP contribution in [0.2, 0.25) is 0 Å². The van der Waals surface area contributed by atoms with Crippen LogP contribution >= 0.6 is 0 Å². The molecule has 2 bridgehead atoms. The Morgan fingerprint density at radius 1 is 1.06 bits per heavy atom. The quantitative estimate of drug-likeness (QED) is 0.414. The van der Waals surface area contributed by atoms with E-state index < -0.39 is 30.0 Å². The van der Waals surface area contributed by atoms with Crippen molar-refractivity contribution in [2.45, 2.75) is 57.8 Å². The van der Waals surface area contributed by atoms with E-state index in [9.17, 15) is 24.6 Å². The molecule has 1 aliphatic carbocycles. The predicted octanol–water partition coefficient (Wildman–Crippen LogP) is 2.63. The van der Waals surface area contributed by atoms with Gasteiger partial charge in [0.2, 0.25) is 11.7 Å². The van der Waals surface area contributed by atoms with Crippen molar-refractivity contribution >= 4 is 17.5 Å². The minimum atomic E-state index is -0.834. The summed E-state index contributed by atoms with van der Waals surface area (Å²) in [6.45, 7) is 3.55. The number of amides is 1. The number of methoxy groups -OCH3 is 1. The van der Waals surface area contributed by atoms with Crippen molar-refractivity contribution in [3.63, 3.8) is 0 Å². The van der Waals surface area contributed by atoms with Gasteiger partial charge in [0.05, 0.1) is 30.4 Å². The fraction of sp³-hybridized carbons (Fsp3) is 0.423. The van der Waals surface area contributed by atoms with Crippen LogP contribution in [0.3, 0.4) is 0 Å². The van der Waals surface area contributed by atoms with E-state index in [2.05, 4.69) is 5.32 Å². The Morgan fingerprint density at radius 3 is 2.52 bits per heavy atom. The summed E-state index contributed by atoms with van der Waals surface area (Å²) in [6.07, 6.45) is 13.9. The van der Waals surface area contributed by atoms with E-state index in [0.717, 1.165) is 6.08 Å². The molecule has 0 spiro atoms. The normalized spacial score (nSPS) is 32.9. The van der Waals surface area contributed by atoms with Crippen molar-refractivity contribution in [1.82, 2.24) is 5.32 Å². The van der Waals surface area contributed by atoms with Gasteiger partial charge in [-0.15, -0.1) is 0 Å². The van der Waals surface area contributed by atoms with Crippen LogP contribution in [0.25, 0.3) is 0 Å². The van der Waals surface area contributed by atoms with Gasteiger partial charge in [0.15, 0.2) is 5.78 Å². The van der Waals surface area contributed by atoms with E-state index in [4.69, 9.17) is 4.74 Å². The van der Waals surface area contributed by atoms with E-state index in [1.165, 1.54) is 13.2 Å². The van der Waals surface area contributed by atoms with Crippen LogP contribution in [-0.4, -0.2) is 53.1 Å². The lowest BCUT2D eigenvalue weighted by molar-refractivity contribution is -0.124. The summed E-state index contributed by atoms with van der Waals surface area (Å²) in [7, 11) is 1.48. The van der Waals surface area contributed by atoms with Crippen LogP contribution in [0.5, 0.6) is 0 Å². The number of hydrogen-bond acceptors (Lipinski definition) is 6. The second-order valence-corrected chi connectivity index (χ2v) is 8.28. The van der Waals surface area contributed by atoms with Crippen molar-refractivity contribution < 1.29 is 29.3 Å². The number of aliphatic hydroxyl groups excluding tert-OH is 2. The number of allylic oxidation sites excluding steroid dienone is 8. The molecule has 1 heterocycles. The van der Waals surface area contributed by atoms with Gasteiger partial charge in [-0.05, 0) is 37.8 Å². The zero-order valence-electron chi connectivity index (χ0n) is 19.4. The lowest BCUT2D eigenvalue weighted by Gasteiger charge is -2.24. The van der Waals surface area contributed by atoms with Crippen LogP contribution in [0.1, 0.15) is 39.5 Å².